The fourth-order valence-corrected chi connectivity index (χ4v) is 6.55. The Bertz CT molecular complexity index is 1730. The molecule has 0 fully saturated rings. The van der Waals surface area contributed by atoms with Crippen molar-refractivity contribution in [3.05, 3.63) is 120 Å². The van der Waals surface area contributed by atoms with Crippen molar-refractivity contribution in [2.45, 2.75) is 57.1 Å². The van der Waals surface area contributed by atoms with Crippen molar-refractivity contribution >= 4 is 27.5 Å². The van der Waals surface area contributed by atoms with Gasteiger partial charge in [-0.1, -0.05) is 85.3 Å². The van der Waals surface area contributed by atoms with Gasteiger partial charge in [0.05, 0.1) is 24.8 Å². The minimum atomic E-state index is -4.30. The molecule has 10 heteroatoms. The van der Waals surface area contributed by atoms with Crippen LogP contribution in [-0.2, 0) is 32.6 Å². The van der Waals surface area contributed by atoms with E-state index in [2.05, 4.69) is 5.32 Å². The lowest BCUT2D eigenvalue weighted by Crippen LogP contribution is -2.54. The molecule has 0 heterocycles. The van der Waals surface area contributed by atoms with Gasteiger partial charge >= 0.3 is 0 Å². The summed E-state index contributed by atoms with van der Waals surface area (Å²) in [5.74, 6) is -0.262. The average molecular weight is 658 g/mol. The zero-order valence-electron chi connectivity index (χ0n) is 27.6. The summed E-state index contributed by atoms with van der Waals surface area (Å²) >= 11 is 0. The summed E-state index contributed by atoms with van der Waals surface area (Å²) in [5.41, 5.74) is 2.84. The topological polar surface area (TPSA) is 105 Å². The third kappa shape index (κ3) is 8.92. The molecule has 2 amide bonds. The Morgan fingerprint density at radius 3 is 2.06 bits per heavy atom. The van der Waals surface area contributed by atoms with E-state index in [-0.39, 0.29) is 41.2 Å². The van der Waals surface area contributed by atoms with Crippen molar-refractivity contribution in [1.82, 2.24) is 10.2 Å². The molecule has 0 aliphatic heterocycles. The van der Waals surface area contributed by atoms with Gasteiger partial charge in [-0.05, 0) is 55.7 Å². The summed E-state index contributed by atoms with van der Waals surface area (Å²) in [6.07, 6.45) is 0.934. The molecule has 0 bridgehead atoms. The lowest BCUT2D eigenvalue weighted by molar-refractivity contribution is -0.140. The molecule has 1 N–H and O–H groups in total. The quantitative estimate of drug-likeness (QED) is 0.174. The van der Waals surface area contributed by atoms with Crippen molar-refractivity contribution in [3.8, 4) is 11.5 Å². The Kier molecular flexibility index (Phi) is 12.0. The zero-order chi connectivity index (χ0) is 34.0. The molecule has 4 aromatic rings. The van der Waals surface area contributed by atoms with Gasteiger partial charge in [0, 0.05) is 25.1 Å². The summed E-state index contributed by atoms with van der Waals surface area (Å²) in [6.45, 7) is 5.33. The van der Waals surface area contributed by atoms with E-state index in [0.717, 1.165) is 21.0 Å². The number of methoxy groups -OCH3 is 2. The Morgan fingerprint density at radius 2 is 1.47 bits per heavy atom. The van der Waals surface area contributed by atoms with Crippen LogP contribution >= 0.6 is 0 Å². The first-order valence-electron chi connectivity index (χ1n) is 15.6. The van der Waals surface area contributed by atoms with Gasteiger partial charge in [0.2, 0.25) is 11.8 Å². The number of ether oxygens (including phenoxy) is 2. The first-order valence-corrected chi connectivity index (χ1v) is 17.0. The highest BCUT2D eigenvalue weighted by molar-refractivity contribution is 7.92. The standard InChI is InChI=1S/C37H43N3O6S/c1-6-28(3)38-37(42)34(23-29-13-9-7-10-14-29)39(25-30-19-17-27(2)18-20-30)36(41)26-40(47(43,44)32-15-11-8-12-16-32)33-24-31(45-4)21-22-35(33)46-5/h7-22,24,28,34H,6,23,25-26H2,1-5H3,(H,38,42). The van der Waals surface area contributed by atoms with E-state index >= 15 is 0 Å². The van der Waals surface area contributed by atoms with Crippen LogP contribution in [0, 0.1) is 6.92 Å². The maximum atomic E-state index is 14.7. The van der Waals surface area contributed by atoms with E-state index in [1.54, 1.807) is 30.3 Å². The molecule has 0 spiro atoms. The van der Waals surface area contributed by atoms with Gasteiger partial charge in [-0.2, -0.15) is 0 Å². The van der Waals surface area contributed by atoms with E-state index in [0.29, 0.717) is 12.2 Å². The minimum Gasteiger partial charge on any atom is -0.497 e. The first-order chi connectivity index (χ1) is 22.6. The van der Waals surface area contributed by atoms with Crippen LogP contribution in [0.4, 0.5) is 5.69 Å². The maximum absolute atomic E-state index is 14.7. The number of hydrogen-bond donors (Lipinski definition) is 1. The molecule has 248 valence electrons. The highest BCUT2D eigenvalue weighted by Crippen LogP contribution is 2.36. The van der Waals surface area contributed by atoms with E-state index in [1.165, 1.54) is 37.3 Å². The van der Waals surface area contributed by atoms with E-state index in [9.17, 15) is 18.0 Å². The predicted molar refractivity (Wildman–Crippen MR) is 184 cm³/mol. The molecule has 4 rings (SSSR count). The number of benzene rings is 4. The molecule has 0 aliphatic rings. The third-order valence-corrected chi connectivity index (χ3v) is 9.78. The van der Waals surface area contributed by atoms with Gasteiger partial charge in [0.1, 0.15) is 24.1 Å². The number of amides is 2. The van der Waals surface area contributed by atoms with Crippen LogP contribution in [0.5, 0.6) is 11.5 Å². The van der Waals surface area contributed by atoms with Crippen molar-refractivity contribution in [2.24, 2.45) is 0 Å². The Morgan fingerprint density at radius 1 is 0.830 bits per heavy atom. The Labute approximate surface area is 278 Å². The molecule has 47 heavy (non-hydrogen) atoms. The lowest BCUT2D eigenvalue weighted by Gasteiger charge is -2.34. The highest BCUT2D eigenvalue weighted by Gasteiger charge is 2.36. The second kappa shape index (κ2) is 16.1. The molecule has 4 aromatic carbocycles. The minimum absolute atomic E-state index is 0.00175. The third-order valence-electron chi connectivity index (χ3n) is 8.01. The number of nitrogens with zero attached hydrogens (tertiary/aromatic N) is 2. The van der Waals surface area contributed by atoms with Crippen LogP contribution in [0.15, 0.2) is 108 Å². The summed E-state index contributed by atoms with van der Waals surface area (Å²) < 4.78 is 40.7. The molecule has 2 unspecified atom stereocenters. The number of aryl methyl sites for hydroxylation is 1. The lowest BCUT2D eigenvalue weighted by atomic mass is 10.0. The van der Waals surface area contributed by atoms with Crippen LogP contribution in [0.2, 0.25) is 0 Å². The van der Waals surface area contributed by atoms with Crippen LogP contribution in [0.25, 0.3) is 0 Å². The first kappa shape index (κ1) is 35.0. The SMILES string of the molecule is CCC(C)NC(=O)C(Cc1ccccc1)N(Cc1ccc(C)cc1)C(=O)CN(c1cc(OC)ccc1OC)S(=O)(=O)c1ccccc1. The normalized spacial score (nSPS) is 12.4. The number of anilines is 1. The van der Waals surface area contributed by atoms with Crippen LogP contribution in [-0.4, -0.2) is 58.0 Å². The molecular weight excluding hydrogens is 614 g/mol. The molecule has 2 atom stereocenters. The fraction of sp³-hybridized carbons (Fsp3) is 0.297. The number of rotatable bonds is 15. The summed E-state index contributed by atoms with van der Waals surface area (Å²) in [4.78, 5) is 30.2. The van der Waals surface area contributed by atoms with Crippen LogP contribution in [0.3, 0.4) is 0 Å². The highest BCUT2D eigenvalue weighted by atomic mass is 32.2. The van der Waals surface area contributed by atoms with E-state index < -0.39 is 28.5 Å². The molecule has 0 radical (unpaired) electrons. The summed E-state index contributed by atoms with van der Waals surface area (Å²) in [6, 6.07) is 28.8. The smallest absolute Gasteiger partial charge is 0.264 e. The molecular formula is C37H43N3O6S. The maximum Gasteiger partial charge on any atom is 0.264 e. The number of carbonyl (C=O) groups excluding carboxylic acids is 2. The fourth-order valence-electron chi connectivity index (χ4n) is 5.11. The summed E-state index contributed by atoms with van der Waals surface area (Å²) in [5, 5.41) is 3.05. The second-order valence-electron chi connectivity index (χ2n) is 11.4. The predicted octanol–water partition coefficient (Wildman–Crippen LogP) is 5.76. The molecule has 0 aromatic heterocycles. The zero-order valence-corrected chi connectivity index (χ0v) is 28.4. The number of nitrogens with one attached hydrogen (secondary N) is 1. The molecule has 0 aliphatic carbocycles. The van der Waals surface area contributed by atoms with Gasteiger partial charge in [-0.15, -0.1) is 0 Å². The second-order valence-corrected chi connectivity index (χ2v) is 13.3. The Hall–Kier alpha value is -4.83. The van der Waals surface area contributed by atoms with Gasteiger partial charge in [-0.3, -0.25) is 13.9 Å². The van der Waals surface area contributed by atoms with Crippen molar-refractivity contribution < 1.29 is 27.5 Å². The molecule has 0 saturated heterocycles. The summed E-state index contributed by atoms with van der Waals surface area (Å²) in [7, 11) is -1.39. The van der Waals surface area contributed by atoms with Gasteiger partial charge in [0.15, 0.2) is 0 Å². The van der Waals surface area contributed by atoms with Gasteiger partial charge in [-0.25, -0.2) is 8.42 Å². The number of sulfonamides is 1. The van der Waals surface area contributed by atoms with Crippen molar-refractivity contribution in [1.29, 1.82) is 0 Å². The molecule has 9 nitrogen and oxygen atoms in total. The monoisotopic (exact) mass is 657 g/mol. The van der Waals surface area contributed by atoms with Gasteiger partial charge in [0.25, 0.3) is 10.0 Å². The Balaban J connectivity index is 1.86. The van der Waals surface area contributed by atoms with E-state index in [4.69, 9.17) is 9.47 Å². The number of carbonyl (C=O) groups is 2. The van der Waals surface area contributed by atoms with Crippen molar-refractivity contribution in [3.63, 3.8) is 0 Å². The van der Waals surface area contributed by atoms with Gasteiger partial charge < -0.3 is 19.7 Å². The van der Waals surface area contributed by atoms with Crippen LogP contribution in [0.1, 0.15) is 37.0 Å². The largest absolute Gasteiger partial charge is 0.497 e. The molecule has 0 saturated carbocycles. The number of hydrogen-bond acceptors (Lipinski definition) is 6. The van der Waals surface area contributed by atoms with Crippen molar-refractivity contribution in [2.75, 3.05) is 25.1 Å². The van der Waals surface area contributed by atoms with E-state index in [1.807, 2.05) is 75.4 Å². The average Bonchev–Trinajstić information content (AvgIpc) is 3.09. The van der Waals surface area contributed by atoms with Crippen LogP contribution < -0.4 is 19.1 Å².